The first kappa shape index (κ1) is 15.8. The molecule has 0 saturated carbocycles. The van der Waals surface area contributed by atoms with Crippen LogP contribution in [0.4, 0.5) is 4.79 Å². The summed E-state index contributed by atoms with van der Waals surface area (Å²) < 4.78 is 5.32. The number of rotatable bonds is 5. The molecule has 1 fully saturated rings. The number of urea groups is 1. The minimum absolute atomic E-state index is 0.0157. The van der Waals surface area contributed by atoms with Gasteiger partial charge in [-0.3, -0.25) is 15.0 Å². The van der Waals surface area contributed by atoms with Crippen LogP contribution in [0.25, 0.3) is 0 Å². The zero-order valence-electron chi connectivity index (χ0n) is 13.4. The van der Waals surface area contributed by atoms with E-state index in [2.05, 4.69) is 10.3 Å². The number of hydrogen-bond acceptors (Lipinski definition) is 7. The lowest BCUT2D eigenvalue weighted by molar-refractivity contribution is -0.126. The Balaban J connectivity index is 1.83. The van der Waals surface area contributed by atoms with E-state index in [1.54, 1.807) is 7.05 Å². The zero-order chi connectivity index (χ0) is 16.7. The van der Waals surface area contributed by atoms with E-state index in [4.69, 9.17) is 9.84 Å². The summed E-state index contributed by atoms with van der Waals surface area (Å²) in [6.07, 6.45) is -0.518. The number of nitrogens with zero attached hydrogens (tertiary/aromatic N) is 4. The van der Waals surface area contributed by atoms with Gasteiger partial charge in [0.15, 0.2) is 12.2 Å². The molecule has 2 atom stereocenters. The molecule has 0 aromatic carbocycles. The van der Waals surface area contributed by atoms with Crippen LogP contribution in [-0.4, -0.2) is 83.3 Å². The summed E-state index contributed by atoms with van der Waals surface area (Å²) >= 11 is 0. The summed E-state index contributed by atoms with van der Waals surface area (Å²) in [5.41, 5.74) is 1.94. The second-order valence-electron chi connectivity index (χ2n) is 5.72. The van der Waals surface area contributed by atoms with Crippen LogP contribution in [0.15, 0.2) is 16.4 Å². The van der Waals surface area contributed by atoms with Gasteiger partial charge in [0, 0.05) is 25.0 Å². The van der Waals surface area contributed by atoms with E-state index in [0.717, 1.165) is 11.4 Å². The molecular weight excluding hydrogens is 302 g/mol. The molecular formula is C14H21N5O4. The number of allylic oxidation sites excluding steroid dienone is 2. The van der Waals surface area contributed by atoms with Gasteiger partial charge in [0.2, 0.25) is 5.96 Å². The maximum atomic E-state index is 12.3. The summed E-state index contributed by atoms with van der Waals surface area (Å²) in [5, 5.41) is 11.1. The van der Waals surface area contributed by atoms with Crippen molar-refractivity contribution in [3.63, 3.8) is 0 Å². The number of aliphatic imine (C=N–C) groups is 1. The van der Waals surface area contributed by atoms with Gasteiger partial charge in [-0.05, 0) is 13.8 Å². The van der Waals surface area contributed by atoms with Crippen LogP contribution in [-0.2, 0) is 9.53 Å². The van der Waals surface area contributed by atoms with E-state index < -0.39 is 18.2 Å². The summed E-state index contributed by atoms with van der Waals surface area (Å²) in [7, 11) is 1.63. The van der Waals surface area contributed by atoms with Gasteiger partial charge in [-0.25, -0.2) is 9.79 Å². The Labute approximate surface area is 134 Å². The maximum Gasteiger partial charge on any atom is 0.325 e. The molecule has 2 N–H and O–H groups in total. The number of carbonyl (C=O) groups excluding carboxylic acids is 2. The van der Waals surface area contributed by atoms with Crippen LogP contribution in [0, 0.1) is 0 Å². The highest BCUT2D eigenvalue weighted by molar-refractivity contribution is 6.05. The number of likely N-dealkylation sites (N-methyl/N-ethyl adjacent to an activating group) is 1. The van der Waals surface area contributed by atoms with E-state index in [1.165, 1.54) is 4.90 Å². The fourth-order valence-electron chi connectivity index (χ4n) is 3.12. The van der Waals surface area contributed by atoms with E-state index >= 15 is 0 Å². The van der Waals surface area contributed by atoms with Crippen molar-refractivity contribution in [2.24, 2.45) is 4.99 Å². The van der Waals surface area contributed by atoms with Gasteiger partial charge in [0.1, 0.15) is 0 Å². The van der Waals surface area contributed by atoms with E-state index in [9.17, 15) is 9.59 Å². The van der Waals surface area contributed by atoms with Gasteiger partial charge in [-0.15, -0.1) is 0 Å². The molecule has 0 radical (unpaired) electrons. The number of carbonyl (C=O) groups is 2. The molecule has 1 saturated heterocycles. The summed E-state index contributed by atoms with van der Waals surface area (Å²) in [6, 6.07) is -0.969. The number of aliphatic hydroxyl groups excluding tert-OH is 1. The van der Waals surface area contributed by atoms with Crippen molar-refractivity contribution >= 4 is 17.9 Å². The first-order valence-electron chi connectivity index (χ1n) is 7.55. The quantitative estimate of drug-likeness (QED) is 0.637. The molecule has 9 heteroatoms. The highest BCUT2D eigenvalue weighted by atomic mass is 16.5. The van der Waals surface area contributed by atoms with Crippen molar-refractivity contribution in [1.29, 1.82) is 0 Å². The number of imide groups is 1. The molecule has 0 bridgehead atoms. The standard InChI is InChI=1S/C14H21N5O4/c1-8-9(2)19-10-11(17(3)14(22)16-12(10)21)15-13(19)18(8)4-6-23-7-5-20/h10-11,20H,4-7H2,1-3H3,(H,16,21,22). The van der Waals surface area contributed by atoms with Crippen molar-refractivity contribution in [1.82, 2.24) is 20.0 Å². The molecule has 9 nitrogen and oxygen atoms in total. The highest BCUT2D eigenvalue weighted by Crippen LogP contribution is 2.35. The molecule has 0 aromatic heterocycles. The smallest absolute Gasteiger partial charge is 0.325 e. The minimum Gasteiger partial charge on any atom is -0.394 e. The molecule has 0 spiro atoms. The maximum absolute atomic E-state index is 12.3. The monoisotopic (exact) mass is 323 g/mol. The molecule has 2 unspecified atom stereocenters. The summed E-state index contributed by atoms with van der Waals surface area (Å²) in [5.74, 6) is 0.335. The van der Waals surface area contributed by atoms with Crippen LogP contribution >= 0.6 is 0 Å². The Bertz CT molecular complexity index is 602. The Morgan fingerprint density at radius 1 is 1.26 bits per heavy atom. The highest BCUT2D eigenvalue weighted by Gasteiger charge is 2.52. The Kier molecular flexibility index (Phi) is 3.99. The number of aliphatic hydroxyl groups is 1. The predicted octanol–water partition coefficient (Wildman–Crippen LogP) is -0.890. The van der Waals surface area contributed by atoms with E-state index in [0.29, 0.717) is 19.1 Å². The third-order valence-corrected chi connectivity index (χ3v) is 4.47. The van der Waals surface area contributed by atoms with Crippen LogP contribution in [0.2, 0.25) is 0 Å². The molecule has 126 valence electrons. The van der Waals surface area contributed by atoms with Gasteiger partial charge >= 0.3 is 6.03 Å². The van der Waals surface area contributed by atoms with Crippen molar-refractivity contribution in [2.45, 2.75) is 26.1 Å². The Hall–Kier alpha value is -2.13. The fraction of sp³-hybridized carbons (Fsp3) is 0.643. The second kappa shape index (κ2) is 5.82. The number of guanidine groups is 1. The van der Waals surface area contributed by atoms with Gasteiger partial charge in [0.25, 0.3) is 5.91 Å². The first-order chi connectivity index (χ1) is 11.0. The van der Waals surface area contributed by atoms with Gasteiger partial charge in [-0.2, -0.15) is 0 Å². The second-order valence-corrected chi connectivity index (χ2v) is 5.72. The van der Waals surface area contributed by atoms with E-state index in [1.807, 2.05) is 23.6 Å². The van der Waals surface area contributed by atoms with Crippen LogP contribution in [0.5, 0.6) is 0 Å². The van der Waals surface area contributed by atoms with Gasteiger partial charge in [-0.1, -0.05) is 0 Å². The van der Waals surface area contributed by atoms with Crippen molar-refractivity contribution < 1.29 is 19.4 Å². The van der Waals surface area contributed by atoms with Crippen molar-refractivity contribution in [3.05, 3.63) is 11.4 Å². The van der Waals surface area contributed by atoms with Crippen molar-refractivity contribution in [2.75, 3.05) is 33.4 Å². The molecule has 0 aliphatic carbocycles. The molecule has 0 aromatic rings. The normalized spacial score (nSPS) is 26.6. The number of ether oxygens (including phenoxy) is 1. The molecule has 3 heterocycles. The van der Waals surface area contributed by atoms with Crippen LogP contribution in [0.1, 0.15) is 13.8 Å². The first-order valence-corrected chi connectivity index (χ1v) is 7.55. The van der Waals surface area contributed by atoms with Crippen molar-refractivity contribution in [3.8, 4) is 0 Å². The van der Waals surface area contributed by atoms with Gasteiger partial charge in [0.05, 0.1) is 19.8 Å². The molecule has 3 amide bonds. The Morgan fingerprint density at radius 3 is 2.70 bits per heavy atom. The van der Waals surface area contributed by atoms with Crippen LogP contribution in [0.3, 0.4) is 0 Å². The molecule has 3 aliphatic rings. The lowest BCUT2D eigenvalue weighted by Crippen LogP contribution is -2.63. The van der Waals surface area contributed by atoms with Crippen LogP contribution < -0.4 is 5.32 Å². The summed E-state index contributed by atoms with van der Waals surface area (Å²) in [4.78, 5) is 33.9. The third-order valence-electron chi connectivity index (χ3n) is 4.47. The fourth-order valence-corrected chi connectivity index (χ4v) is 3.12. The number of nitrogens with one attached hydrogen (secondary N) is 1. The average molecular weight is 323 g/mol. The third kappa shape index (κ3) is 2.36. The number of fused-ring (bicyclic) bond motifs is 3. The average Bonchev–Trinajstić information content (AvgIpc) is 3.01. The zero-order valence-corrected chi connectivity index (χ0v) is 13.4. The Morgan fingerprint density at radius 2 is 2.00 bits per heavy atom. The van der Waals surface area contributed by atoms with Gasteiger partial charge < -0.3 is 19.6 Å². The molecule has 3 rings (SSSR count). The summed E-state index contributed by atoms with van der Waals surface area (Å²) in [6.45, 7) is 5.18. The SMILES string of the molecule is CC1=C(C)N2C(=NC3C2C(=O)NC(=O)N3C)N1CCOCCO. The molecule has 23 heavy (non-hydrogen) atoms. The minimum atomic E-state index is -0.536. The van der Waals surface area contributed by atoms with E-state index in [-0.39, 0.29) is 19.1 Å². The lowest BCUT2D eigenvalue weighted by atomic mass is 10.1. The topological polar surface area (TPSA) is 97.7 Å². The number of hydrogen-bond donors (Lipinski definition) is 2. The molecule has 3 aliphatic heterocycles. The predicted molar refractivity (Wildman–Crippen MR) is 81.1 cm³/mol. The lowest BCUT2D eigenvalue weighted by Gasteiger charge is -2.35. The largest absolute Gasteiger partial charge is 0.394 e. The number of amides is 3.